The lowest BCUT2D eigenvalue weighted by Gasteiger charge is -2.42. The molecule has 1 unspecified atom stereocenters. The average Bonchev–Trinajstić information content (AvgIpc) is 2.53. The van der Waals surface area contributed by atoms with Crippen LogP contribution in [0.15, 0.2) is 30.3 Å². The fourth-order valence-corrected chi connectivity index (χ4v) is 3.26. The number of rotatable bonds is 8. The highest BCUT2D eigenvalue weighted by molar-refractivity contribution is 5.77. The summed E-state index contributed by atoms with van der Waals surface area (Å²) in [5.41, 5.74) is 0.0697. The molecule has 1 fully saturated rings. The Balaban J connectivity index is 1.87. The van der Waals surface area contributed by atoms with Crippen LogP contribution in [0.2, 0.25) is 0 Å². The smallest absolute Gasteiger partial charge is 0.396 e. The molecule has 0 heterocycles. The molecule has 2 rings (SSSR count). The molecule has 1 aliphatic carbocycles. The zero-order valence-electron chi connectivity index (χ0n) is 14.5. The first-order valence-electron chi connectivity index (χ1n) is 8.57. The molecule has 5 nitrogen and oxygen atoms in total. The molecule has 8 heteroatoms. The topological polar surface area (TPSA) is 69.6 Å². The maximum Gasteiger partial charge on any atom is 0.396 e. The molecule has 26 heavy (non-hydrogen) atoms. The van der Waals surface area contributed by atoms with Crippen molar-refractivity contribution in [3.05, 3.63) is 35.9 Å². The molecule has 1 aromatic rings. The zero-order chi connectivity index (χ0) is 19.3. The van der Waals surface area contributed by atoms with Crippen molar-refractivity contribution in [3.63, 3.8) is 0 Å². The molecule has 0 radical (unpaired) electrons. The summed E-state index contributed by atoms with van der Waals surface area (Å²) in [7, 11) is 0. The van der Waals surface area contributed by atoms with Gasteiger partial charge >= 0.3 is 12.1 Å². The maximum absolute atomic E-state index is 13.3. The summed E-state index contributed by atoms with van der Waals surface area (Å²) in [6, 6.07) is 7.23. The van der Waals surface area contributed by atoms with E-state index in [1.54, 1.807) is 11.0 Å². The molecule has 0 aromatic heterocycles. The van der Waals surface area contributed by atoms with Gasteiger partial charge in [-0.3, -0.25) is 14.5 Å². The lowest BCUT2D eigenvalue weighted by Crippen LogP contribution is -2.55. The predicted molar refractivity (Wildman–Crippen MR) is 89.7 cm³/mol. The number of carboxylic acid groups (broad SMARTS) is 1. The standard InChI is InChI=1S/C18H23F3N2O3/c1-2-23(11-17(25)26)14-8-13(9-14)22-16(24)10-15(18(19,20)21)12-6-4-3-5-7-12/h3-7,13-15H,2,8-11H2,1H3,(H,22,24)(H,25,26). The molecule has 144 valence electrons. The van der Waals surface area contributed by atoms with E-state index in [4.69, 9.17) is 5.11 Å². The maximum atomic E-state index is 13.3. The molecule has 1 saturated carbocycles. The SMILES string of the molecule is CCN(CC(=O)O)C1CC(NC(=O)CC(c2ccccc2)C(F)(F)F)C1. The molecular formula is C18H23F3N2O3. The van der Waals surface area contributed by atoms with Gasteiger partial charge in [0.2, 0.25) is 5.91 Å². The van der Waals surface area contributed by atoms with E-state index < -0.39 is 30.4 Å². The summed E-state index contributed by atoms with van der Waals surface area (Å²) < 4.78 is 39.9. The van der Waals surface area contributed by atoms with Crippen LogP contribution in [-0.4, -0.2) is 53.2 Å². The zero-order valence-corrected chi connectivity index (χ0v) is 14.5. The van der Waals surface area contributed by atoms with Gasteiger partial charge in [0.05, 0.1) is 12.5 Å². The number of hydrogen-bond acceptors (Lipinski definition) is 3. The number of carboxylic acids is 1. The third kappa shape index (κ3) is 5.45. The van der Waals surface area contributed by atoms with Crippen molar-refractivity contribution in [3.8, 4) is 0 Å². The molecule has 1 amide bonds. The highest BCUT2D eigenvalue weighted by Crippen LogP contribution is 2.37. The number of amides is 1. The number of alkyl halides is 3. The molecule has 1 aromatic carbocycles. The lowest BCUT2D eigenvalue weighted by atomic mass is 9.85. The van der Waals surface area contributed by atoms with E-state index in [0.29, 0.717) is 19.4 Å². The Morgan fingerprint density at radius 2 is 1.88 bits per heavy atom. The number of benzene rings is 1. The highest BCUT2D eigenvalue weighted by atomic mass is 19.4. The van der Waals surface area contributed by atoms with E-state index in [9.17, 15) is 22.8 Å². The molecule has 0 spiro atoms. The minimum Gasteiger partial charge on any atom is -0.480 e. The number of aliphatic carboxylic acids is 1. The Labute approximate surface area is 150 Å². The van der Waals surface area contributed by atoms with E-state index in [-0.39, 0.29) is 24.2 Å². The molecule has 1 aliphatic rings. The van der Waals surface area contributed by atoms with Crippen LogP contribution in [0.25, 0.3) is 0 Å². The number of likely N-dealkylation sites (N-methyl/N-ethyl adjacent to an activating group) is 1. The van der Waals surface area contributed by atoms with E-state index in [0.717, 1.165) is 0 Å². The minimum atomic E-state index is -4.50. The average molecular weight is 372 g/mol. The first kappa shape index (κ1) is 20.2. The van der Waals surface area contributed by atoms with Crippen LogP contribution in [0.1, 0.15) is 37.7 Å². The Morgan fingerprint density at radius 1 is 1.27 bits per heavy atom. The van der Waals surface area contributed by atoms with E-state index in [2.05, 4.69) is 5.32 Å². The van der Waals surface area contributed by atoms with Gasteiger partial charge in [-0.1, -0.05) is 37.3 Å². The van der Waals surface area contributed by atoms with Gasteiger partial charge in [-0.15, -0.1) is 0 Å². The van der Waals surface area contributed by atoms with Gasteiger partial charge in [0, 0.05) is 18.5 Å². The third-order valence-electron chi connectivity index (χ3n) is 4.73. The number of carbonyl (C=O) groups excluding carboxylic acids is 1. The van der Waals surface area contributed by atoms with E-state index in [1.165, 1.54) is 24.3 Å². The molecule has 0 aliphatic heterocycles. The molecule has 1 atom stereocenters. The van der Waals surface area contributed by atoms with Crippen LogP contribution < -0.4 is 5.32 Å². The first-order valence-corrected chi connectivity index (χ1v) is 8.57. The van der Waals surface area contributed by atoms with Gasteiger partial charge in [0.15, 0.2) is 0 Å². The van der Waals surface area contributed by atoms with Crippen molar-refractivity contribution >= 4 is 11.9 Å². The number of hydrogen-bond donors (Lipinski definition) is 2. The summed E-state index contributed by atoms with van der Waals surface area (Å²) in [6.07, 6.45) is -4.05. The number of halogens is 3. The normalized spacial score (nSPS) is 21.1. The summed E-state index contributed by atoms with van der Waals surface area (Å²) in [4.78, 5) is 24.7. The first-order chi connectivity index (χ1) is 12.2. The van der Waals surface area contributed by atoms with Gasteiger partial charge in [-0.05, 0) is 24.9 Å². The van der Waals surface area contributed by atoms with Gasteiger partial charge < -0.3 is 10.4 Å². The number of nitrogens with one attached hydrogen (secondary N) is 1. The van der Waals surface area contributed by atoms with Crippen molar-refractivity contribution in [2.45, 2.75) is 50.4 Å². The Morgan fingerprint density at radius 3 is 2.38 bits per heavy atom. The van der Waals surface area contributed by atoms with Crippen molar-refractivity contribution in [1.29, 1.82) is 0 Å². The van der Waals surface area contributed by atoms with Crippen molar-refractivity contribution < 1.29 is 27.9 Å². The van der Waals surface area contributed by atoms with Crippen molar-refractivity contribution in [2.75, 3.05) is 13.1 Å². The van der Waals surface area contributed by atoms with Gasteiger partial charge in [-0.2, -0.15) is 13.2 Å². The molecule has 2 N–H and O–H groups in total. The van der Waals surface area contributed by atoms with Crippen LogP contribution in [0.3, 0.4) is 0 Å². The van der Waals surface area contributed by atoms with Gasteiger partial charge in [0.25, 0.3) is 0 Å². The number of nitrogens with zero attached hydrogens (tertiary/aromatic N) is 1. The van der Waals surface area contributed by atoms with Crippen LogP contribution in [-0.2, 0) is 9.59 Å². The molecule has 0 saturated heterocycles. The molecular weight excluding hydrogens is 349 g/mol. The largest absolute Gasteiger partial charge is 0.480 e. The second-order valence-electron chi connectivity index (χ2n) is 6.56. The van der Waals surface area contributed by atoms with Gasteiger partial charge in [-0.25, -0.2) is 0 Å². The Hall–Kier alpha value is -2.09. The fraction of sp³-hybridized carbons (Fsp3) is 0.556. The van der Waals surface area contributed by atoms with Crippen molar-refractivity contribution in [2.24, 2.45) is 0 Å². The monoisotopic (exact) mass is 372 g/mol. The third-order valence-corrected chi connectivity index (χ3v) is 4.73. The minimum absolute atomic E-state index is 0.0361. The second kappa shape index (κ2) is 8.53. The summed E-state index contributed by atoms with van der Waals surface area (Å²) >= 11 is 0. The van der Waals surface area contributed by atoms with E-state index >= 15 is 0 Å². The fourth-order valence-electron chi connectivity index (χ4n) is 3.26. The second-order valence-corrected chi connectivity index (χ2v) is 6.56. The summed E-state index contributed by atoms with van der Waals surface area (Å²) in [5.74, 6) is -3.39. The van der Waals surface area contributed by atoms with Gasteiger partial charge in [0.1, 0.15) is 0 Å². The predicted octanol–water partition coefficient (Wildman–Crippen LogP) is 2.78. The quantitative estimate of drug-likeness (QED) is 0.736. The summed E-state index contributed by atoms with van der Waals surface area (Å²) in [6.45, 7) is 2.34. The van der Waals surface area contributed by atoms with Crippen molar-refractivity contribution in [1.82, 2.24) is 10.2 Å². The summed E-state index contributed by atoms with van der Waals surface area (Å²) in [5, 5.41) is 11.5. The van der Waals surface area contributed by atoms with Crippen LogP contribution >= 0.6 is 0 Å². The van der Waals surface area contributed by atoms with Crippen LogP contribution in [0.5, 0.6) is 0 Å². The Bertz CT molecular complexity index is 616. The van der Waals surface area contributed by atoms with Crippen LogP contribution in [0, 0.1) is 0 Å². The molecule has 0 bridgehead atoms. The van der Waals surface area contributed by atoms with E-state index in [1.807, 2.05) is 6.92 Å². The highest BCUT2D eigenvalue weighted by Gasteiger charge is 2.42. The Kier molecular flexibility index (Phi) is 6.63. The lowest BCUT2D eigenvalue weighted by molar-refractivity contribution is -0.157. The number of carbonyl (C=O) groups is 2. The van der Waals surface area contributed by atoms with Crippen LogP contribution in [0.4, 0.5) is 13.2 Å².